The Kier molecular flexibility index (Phi) is 10.8. The Labute approximate surface area is 183 Å². The monoisotopic (exact) mass is 435 g/mol. The zero-order valence-electron chi connectivity index (χ0n) is 18.4. The first kappa shape index (κ1) is 24.6. The van der Waals surface area contributed by atoms with Crippen molar-refractivity contribution in [3.63, 3.8) is 0 Å². The Morgan fingerprint density at radius 1 is 1.23 bits per heavy atom. The van der Waals surface area contributed by atoms with Crippen molar-refractivity contribution in [2.75, 3.05) is 51.4 Å². The molecule has 1 aliphatic heterocycles. The number of hydrogen-bond acceptors (Lipinski definition) is 7. The summed E-state index contributed by atoms with van der Waals surface area (Å²) in [6.45, 7) is 6.71. The second kappa shape index (κ2) is 13.6. The normalized spacial score (nSPS) is 16.5. The fourth-order valence-electron chi connectivity index (χ4n) is 3.13. The Hall–Kier alpha value is -2.65. The van der Waals surface area contributed by atoms with Gasteiger partial charge >= 0.3 is 5.97 Å². The van der Waals surface area contributed by atoms with E-state index in [9.17, 15) is 14.4 Å². The SMILES string of the molecule is CCCCOC(=O)CC1C(=O)NCCN1CC(=O)Nc1cccc(OCCOCC)c1. The van der Waals surface area contributed by atoms with Crippen LogP contribution in [0.15, 0.2) is 24.3 Å². The summed E-state index contributed by atoms with van der Waals surface area (Å²) in [6, 6.07) is 6.36. The number of benzene rings is 1. The molecule has 1 saturated heterocycles. The smallest absolute Gasteiger partial charge is 0.307 e. The fourth-order valence-corrected chi connectivity index (χ4v) is 3.13. The summed E-state index contributed by atoms with van der Waals surface area (Å²) >= 11 is 0. The van der Waals surface area contributed by atoms with Gasteiger partial charge in [-0.25, -0.2) is 0 Å². The van der Waals surface area contributed by atoms with Gasteiger partial charge < -0.3 is 24.8 Å². The largest absolute Gasteiger partial charge is 0.491 e. The van der Waals surface area contributed by atoms with Crippen molar-refractivity contribution in [1.82, 2.24) is 10.2 Å². The van der Waals surface area contributed by atoms with Crippen molar-refractivity contribution in [3.8, 4) is 5.75 Å². The molecule has 1 atom stereocenters. The molecule has 1 aromatic rings. The molecule has 1 aliphatic rings. The molecular formula is C22H33N3O6. The Morgan fingerprint density at radius 3 is 2.84 bits per heavy atom. The standard InChI is InChI=1S/C22H33N3O6/c1-3-5-11-31-21(27)15-19-22(28)23-9-10-25(19)16-20(26)24-17-7-6-8-18(14-17)30-13-12-29-4-2/h6-8,14,19H,3-5,9-13,15-16H2,1-2H3,(H,23,28)(H,24,26). The number of piperazine rings is 1. The molecule has 1 heterocycles. The molecule has 172 valence electrons. The molecule has 0 spiro atoms. The summed E-state index contributed by atoms with van der Waals surface area (Å²) in [5, 5.41) is 5.57. The maximum absolute atomic E-state index is 12.6. The predicted molar refractivity (Wildman–Crippen MR) is 116 cm³/mol. The van der Waals surface area contributed by atoms with Gasteiger partial charge in [-0.15, -0.1) is 0 Å². The Morgan fingerprint density at radius 2 is 2.06 bits per heavy atom. The lowest BCUT2D eigenvalue weighted by Crippen LogP contribution is -2.57. The number of unbranched alkanes of at least 4 members (excludes halogenated alkanes) is 1. The van der Waals surface area contributed by atoms with Crippen LogP contribution in [0.1, 0.15) is 33.1 Å². The molecule has 0 saturated carbocycles. The number of carbonyl (C=O) groups is 3. The van der Waals surface area contributed by atoms with Crippen LogP contribution in [0.4, 0.5) is 5.69 Å². The van der Waals surface area contributed by atoms with E-state index in [1.165, 1.54) is 0 Å². The van der Waals surface area contributed by atoms with Gasteiger partial charge in [0.15, 0.2) is 0 Å². The molecule has 1 fully saturated rings. The van der Waals surface area contributed by atoms with Gasteiger partial charge in [-0.2, -0.15) is 0 Å². The Bertz CT molecular complexity index is 727. The number of anilines is 1. The van der Waals surface area contributed by atoms with E-state index in [1.807, 2.05) is 13.8 Å². The maximum Gasteiger partial charge on any atom is 0.307 e. The third kappa shape index (κ3) is 8.94. The third-order valence-electron chi connectivity index (χ3n) is 4.73. The van der Waals surface area contributed by atoms with Crippen LogP contribution in [-0.4, -0.2) is 74.8 Å². The lowest BCUT2D eigenvalue weighted by molar-refractivity contribution is -0.149. The fraction of sp³-hybridized carbons (Fsp3) is 0.591. The van der Waals surface area contributed by atoms with Gasteiger partial charge in [0, 0.05) is 31.5 Å². The van der Waals surface area contributed by atoms with Crippen LogP contribution in [0.5, 0.6) is 5.75 Å². The van der Waals surface area contributed by atoms with Crippen LogP contribution in [0, 0.1) is 0 Å². The van der Waals surface area contributed by atoms with Crippen LogP contribution in [0.25, 0.3) is 0 Å². The molecule has 31 heavy (non-hydrogen) atoms. The minimum Gasteiger partial charge on any atom is -0.491 e. The number of esters is 1. The maximum atomic E-state index is 12.6. The highest BCUT2D eigenvalue weighted by atomic mass is 16.5. The lowest BCUT2D eigenvalue weighted by atomic mass is 10.1. The van der Waals surface area contributed by atoms with Crippen molar-refractivity contribution >= 4 is 23.5 Å². The number of rotatable bonds is 13. The highest BCUT2D eigenvalue weighted by Crippen LogP contribution is 2.18. The lowest BCUT2D eigenvalue weighted by Gasteiger charge is -2.33. The van der Waals surface area contributed by atoms with E-state index in [-0.39, 0.29) is 24.8 Å². The molecule has 0 aliphatic carbocycles. The van der Waals surface area contributed by atoms with Gasteiger partial charge in [0.2, 0.25) is 11.8 Å². The number of nitrogens with zero attached hydrogens (tertiary/aromatic N) is 1. The second-order valence-electron chi connectivity index (χ2n) is 7.18. The van der Waals surface area contributed by atoms with E-state index in [0.717, 1.165) is 12.8 Å². The summed E-state index contributed by atoms with van der Waals surface area (Å²) < 4.78 is 16.0. The van der Waals surface area contributed by atoms with Crippen molar-refractivity contribution in [1.29, 1.82) is 0 Å². The molecule has 0 aromatic heterocycles. The summed E-state index contributed by atoms with van der Waals surface area (Å²) in [5.41, 5.74) is 0.593. The summed E-state index contributed by atoms with van der Waals surface area (Å²) in [5.74, 6) is -0.345. The van der Waals surface area contributed by atoms with E-state index >= 15 is 0 Å². The quantitative estimate of drug-likeness (QED) is 0.358. The van der Waals surface area contributed by atoms with Crippen LogP contribution >= 0.6 is 0 Å². The van der Waals surface area contributed by atoms with Crippen LogP contribution in [0.2, 0.25) is 0 Å². The van der Waals surface area contributed by atoms with Gasteiger partial charge in [0.05, 0.1) is 26.2 Å². The average Bonchev–Trinajstić information content (AvgIpc) is 2.74. The van der Waals surface area contributed by atoms with E-state index in [1.54, 1.807) is 29.2 Å². The zero-order chi connectivity index (χ0) is 22.5. The van der Waals surface area contributed by atoms with Gasteiger partial charge in [0.1, 0.15) is 18.4 Å². The summed E-state index contributed by atoms with van der Waals surface area (Å²) in [4.78, 5) is 38.6. The van der Waals surface area contributed by atoms with Gasteiger partial charge in [-0.3, -0.25) is 19.3 Å². The van der Waals surface area contributed by atoms with Gasteiger partial charge in [0.25, 0.3) is 0 Å². The molecular weight excluding hydrogens is 402 g/mol. The zero-order valence-corrected chi connectivity index (χ0v) is 18.4. The van der Waals surface area contributed by atoms with Crippen molar-refractivity contribution < 1.29 is 28.6 Å². The molecule has 0 bridgehead atoms. The van der Waals surface area contributed by atoms with Crippen molar-refractivity contribution in [3.05, 3.63) is 24.3 Å². The number of hydrogen-bond donors (Lipinski definition) is 2. The minimum atomic E-state index is -0.721. The van der Waals surface area contributed by atoms with Crippen molar-refractivity contribution in [2.45, 2.75) is 39.2 Å². The van der Waals surface area contributed by atoms with E-state index < -0.39 is 12.0 Å². The number of nitrogens with one attached hydrogen (secondary N) is 2. The summed E-state index contributed by atoms with van der Waals surface area (Å²) in [6.07, 6.45) is 1.62. The second-order valence-corrected chi connectivity index (χ2v) is 7.18. The minimum absolute atomic E-state index is 0.00421. The molecule has 2 N–H and O–H groups in total. The van der Waals surface area contributed by atoms with E-state index in [2.05, 4.69) is 10.6 Å². The van der Waals surface area contributed by atoms with Gasteiger partial charge in [-0.05, 0) is 25.5 Å². The number of carbonyl (C=O) groups excluding carboxylic acids is 3. The van der Waals surface area contributed by atoms with E-state index in [0.29, 0.717) is 51.0 Å². The average molecular weight is 436 g/mol. The molecule has 9 nitrogen and oxygen atoms in total. The first-order chi connectivity index (χ1) is 15.0. The molecule has 1 unspecified atom stereocenters. The molecule has 2 amide bonds. The first-order valence-corrected chi connectivity index (χ1v) is 10.8. The molecule has 1 aromatic carbocycles. The van der Waals surface area contributed by atoms with Crippen molar-refractivity contribution in [2.24, 2.45) is 0 Å². The van der Waals surface area contributed by atoms with Crippen LogP contribution in [0.3, 0.4) is 0 Å². The van der Waals surface area contributed by atoms with Crippen LogP contribution in [-0.2, 0) is 23.9 Å². The highest BCUT2D eigenvalue weighted by Gasteiger charge is 2.33. The van der Waals surface area contributed by atoms with Crippen LogP contribution < -0.4 is 15.4 Å². The molecule has 2 rings (SSSR count). The molecule has 0 radical (unpaired) electrons. The predicted octanol–water partition coefficient (Wildman–Crippen LogP) is 1.57. The first-order valence-electron chi connectivity index (χ1n) is 10.8. The number of amides is 2. The third-order valence-corrected chi connectivity index (χ3v) is 4.73. The highest BCUT2D eigenvalue weighted by molar-refractivity contribution is 5.93. The molecule has 9 heteroatoms. The summed E-state index contributed by atoms with van der Waals surface area (Å²) in [7, 11) is 0. The Balaban J connectivity index is 1.88. The topological polar surface area (TPSA) is 106 Å². The van der Waals surface area contributed by atoms with Gasteiger partial charge in [-0.1, -0.05) is 19.4 Å². The van der Waals surface area contributed by atoms with E-state index in [4.69, 9.17) is 14.2 Å². The number of ether oxygens (including phenoxy) is 3.